The molecule has 4 nitrogen and oxygen atoms in total. The average molecular weight is 326 g/mol. The van der Waals surface area contributed by atoms with Crippen LogP contribution in [0.5, 0.6) is 0 Å². The van der Waals surface area contributed by atoms with Gasteiger partial charge in [0.1, 0.15) is 0 Å². The van der Waals surface area contributed by atoms with Gasteiger partial charge in [0, 0.05) is 10.9 Å². The molecule has 1 saturated carbocycles. The van der Waals surface area contributed by atoms with Crippen LogP contribution in [0.4, 0.5) is 5.69 Å². The first-order valence-corrected chi connectivity index (χ1v) is 7.88. The molecule has 2 N–H and O–H groups in total. The third-order valence-corrected chi connectivity index (χ3v) is 4.60. The average Bonchev–Trinajstić information content (AvgIpc) is 2.92. The lowest BCUT2D eigenvalue weighted by atomic mass is 9.82. The van der Waals surface area contributed by atoms with E-state index < -0.39 is 0 Å². The lowest BCUT2D eigenvalue weighted by Crippen LogP contribution is -2.12. The van der Waals surface area contributed by atoms with Crippen molar-refractivity contribution in [2.24, 2.45) is 5.92 Å². The molecule has 2 unspecified atom stereocenters. The fraction of sp³-hybridized carbons (Fsp3) is 0.467. The van der Waals surface area contributed by atoms with Gasteiger partial charge in [-0.25, -0.2) is 0 Å². The number of aromatic nitrogens is 2. The van der Waals surface area contributed by atoms with Gasteiger partial charge in [-0.15, -0.1) is 0 Å². The Morgan fingerprint density at radius 1 is 1.29 bits per heavy atom. The van der Waals surface area contributed by atoms with Gasteiger partial charge in [0.05, 0.1) is 16.3 Å². The molecule has 0 aliphatic heterocycles. The summed E-state index contributed by atoms with van der Waals surface area (Å²) >= 11 is 12.1. The van der Waals surface area contributed by atoms with Crippen LogP contribution in [0, 0.1) is 5.92 Å². The molecule has 2 aromatic rings. The molecule has 1 aliphatic rings. The molecule has 3 rings (SSSR count). The van der Waals surface area contributed by atoms with Crippen molar-refractivity contribution in [1.29, 1.82) is 0 Å². The fourth-order valence-corrected chi connectivity index (χ4v) is 3.43. The zero-order chi connectivity index (χ0) is 15.0. The van der Waals surface area contributed by atoms with E-state index in [9.17, 15) is 0 Å². The molecule has 0 radical (unpaired) electrons. The largest absolute Gasteiger partial charge is 0.397 e. The van der Waals surface area contributed by atoms with Gasteiger partial charge in [-0.2, -0.15) is 4.98 Å². The topological polar surface area (TPSA) is 64.9 Å². The summed E-state index contributed by atoms with van der Waals surface area (Å²) in [5.41, 5.74) is 6.98. The first-order valence-electron chi connectivity index (χ1n) is 7.13. The Bertz CT molecular complexity index is 656. The van der Waals surface area contributed by atoms with Crippen LogP contribution < -0.4 is 5.73 Å². The van der Waals surface area contributed by atoms with Gasteiger partial charge in [-0.05, 0) is 30.9 Å². The van der Waals surface area contributed by atoms with E-state index in [1.165, 1.54) is 12.8 Å². The molecule has 1 aliphatic carbocycles. The number of halogens is 2. The number of benzene rings is 1. The standard InChI is InChI=1S/C15H17Cl2N3O/c1-8-3-2-4-9(5-8)14-19-15(21-20-14)11-6-10(16)7-12(17)13(11)18/h6-9H,2-5,18H2,1H3. The van der Waals surface area contributed by atoms with Gasteiger partial charge >= 0.3 is 0 Å². The Morgan fingerprint density at radius 2 is 2.10 bits per heavy atom. The zero-order valence-electron chi connectivity index (χ0n) is 11.8. The van der Waals surface area contributed by atoms with Gasteiger partial charge in [0.2, 0.25) is 0 Å². The van der Waals surface area contributed by atoms with Crippen molar-refractivity contribution in [2.45, 2.75) is 38.5 Å². The molecule has 1 aromatic heterocycles. The van der Waals surface area contributed by atoms with Crippen molar-refractivity contribution in [2.75, 3.05) is 5.73 Å². The maximum absolute atomic E-state index is 6.04. The highest BCUT2D eigenvalue weighted by atomic mass is 35.5. The van der Waals surface area contributed by atoms with Gasteiger partial charge in [0.15, 0.2) is 5.82 Å². The second kappa shape index (κ2) is 5.85. The molecule has 0 saturated heterocycles. The van der Waals surface area contributed by atoms with E-state index in [4.69, 9.17) is 33.5 Å². The Hall–Kier alpha value is -1.26. The summed E-state index contributed by atoms with van der Waals surface area (Å²) in [6, 6.07) is 3.30. The van der Waals surface area contributed by atoms with Crippen molar-refractivity contribution in [3.8, 4) is 11.5 Å². The predicted octanol–water partition coefficient (Wildman–Crippen LogP) is 4.92. The minimum absolute atomic E-state index is 0.363. The highest BCUT2D eigenvalue weighted by Gasteiger charge is 2.25. The molecule has 0 amide bonds. The molecule has 1 heterocycles. The van der Waals surface area contributed by atoms with E-state index in [0.29, 0.717) is 39.0 Å². The highest BCUT2D eigenvalue weighted by molar-refractivity contribution is 6.37. The van der Waals surface area contributed by atoms with E-state index in [-0.39, 0.29) is 0 Å². The van der Waals surface area contributed by atoms with E-state index in [1.807, 2.05) is 0 Å². The van der Waals surface area contributed by atoms with Gasteiger partial charge < -0.3 is 10.3 Å². The van der Waals surface area contributed by atoms with Gasteiger partial charge in [-0.1, -0.05) is 48.1 Å². The molecule has 1 aromatic carbocycles. The fourth-order valence-electron chi connectivity index (χ4n) is 2.94. The maximum Gasteiger partial charge on any atom is 0.260 e. The van der Waals surface area contributed by atoms with Crippen LogP contribution in [0.2, 0.25) is 10.0 Å². The molecular formula is C15H17Cl2N3O. The summed E-state index contributed by atoms with van der Waals surface area (Å²) in [6.45, 7) is 2.27. The summed E-state index contributed by atoms with van der Waals surface area (Å²) in [6.07, 6.45) is 4.69. The number of hydrogen-bond acceptors (Lipinski definition) is 4. The lowest BCUT2D eigenvalue weighted by molar-refractivity contribution is 0.324. The summed E-state index contributed by atoms with van der Waals surface area (Å²) in [4.78, 5) is 4.51. The Kier molecular flexibility index (Phi) is 4.09. The minimum atomic E-state index is 0.363. The number of nitrogens with zero attached hydrogens (tertiary/aromatic N) is 2. The Labute approximate surface area is 133 Å². The predicted molar refractivity (Wildman–Crippen MR) is 84.5 cm³/mol. The molecule has 6 heteroatoms. The van der Waals surface area contributed by atoms with Crippen molar-refractivity contribution >= 4 is 28.9 Å². The zero-order valence-corrected chi connectivity index (χ0v) is 13.3. The van der Waals surface area contributed by atoms with Crippen LogP contribution in [0.1, 0.15) is 44.3 Å². The first kappa shape index (κ1) is 14.7. The number of anilines is 1. The number of nitrogen functional groups attached to an aromatic ring is 1. The van der Waals surface area contributed by atoms with E-state index in [0.717, 1.165) is 18.7 Å². The molecular weight excluding hydrogens is 309 g/mol. The quantitative estimate of drug-likeness (QED) is 0.796. The van der Waals surface area contributed by atoms with E-state index >= 15 is 0 Å². The van der Waals surface area contributed by atoms with E-state index in [1.54, 1.807) is 12.1 Å². The van der Waals surface area contributed by atoms with Gasteiger partial charge in [-0.3, -0.25) is 0 Å². The Balaban J connectivity index is 1.91. The van der Waals surface area contributed by atoms with Crippen molar-refractivity contribution in [3.63, 3.8) is 0 Å². The lowest BCUT2D eigenvalue weighted by Gasteiger charge is -2.23. The van der Waals surface area contributed by atoms with Crippen molar-refractivity contribution in [3.05, 3.63) is 28.0 Å². The molecule has 2 atom stereocenters. The number of nitrogens with two attached hydrogens (primary N) is 1. The first-order chi connectivity index (χ1) is 10.0. The third-order valence-electron chi connectivity index (χ3n) is 4.07. The van der Waals surface area contributed by atoms with Crippen LogP contribution in [0.25, 0.3) is 11.5 Å². The SMILES string of the molecule is CC1CCCC(c2noc(-c3cc(Cl)cc(Cl)c3N)n2)C1. The van der Waals surface area contributed by atoms with Crippen LogP contribution >= 0.6 is 23.2 Å². The van der Waals surface area contributed by atoms with Crippen LogP contribution in [-0.4, -0.2) is 10.1 Å². The maximum atomic E-state index is 6.04. The second-order valence-corrected chi connectivity index (χ2v) is 6.62. The summed E-state index contributed by atoms with van der Waals surface area (Å²) in [7, 11) is 0. The van der Waals surface area contributed by atoms with Gasteiger partial charge in [0.25, 0.3) is 5.89 Å². The summed E-state index contributed by atoms with van der Waals surface area (Å²) in [5, 5.41) is 5.01. The third kappa shape index (κ3) is 3.01. The van der Waals surface area contributed by atoms with E-state index in [2.05, 4.69) is 17.1 Å². The number of hydrogen-bond donors (Lipinski definition) is 1. The van der Waals surface area contributed by atoms with Crippen LogP contribution in [-0.2, 0) is 0 Å². The molecule has 0 spiro atoms. The summed E-state index contributed by atoms with van der Waals surface area (Å²) < 4.78 is 5.37. The summed E-state index contributed by atoms with van der Waals surface area (Å²) in [5.74, 6) is 2.20. The monoisotopic (exact) mass is 325 g/mol. The highest BCUT2D eigenvalue weighted by Crippen LogP contribution is 2.37. The molecule has 1 fully saturated rings. The van der Waals surface area contributed by atoms with Crippen molar-refractivity contribution < 1.29 is 4.52 Å². The Morgan fingerprint density at radius 3 is 2.86 bits per heavy atom. The molecule has 112 valence electrons. The molecule has 0 bridgehead atoms. The minimum Gasteiger partial charge on any atom is -0.397 e. The second-order valence-electron chi connectivity index (χ2n) is 5.78. The normalized spacial score (nSPS) is 22.4. The molecule has 21 heavy (non-hydrogen) atoms. The van der Waals surface area contributed by atoms with Crippen LogP contribution in [0.3, 0.4) is 0 Å². The van der Waals surface area contributed by atoms with Crippen molar-refractivity contribution in [1.82, 2.24) is 10.1 Å². The van der Waals surface area contributed by atoms with Crippen LogP contribution in [0.15, 0.2) is 16.7 Å². The smallest absolute Gasteiger partial charge is 0.260 e. The number of rotatable bonds is 2.